The zero-order valence-corrected chi connectivity index (χ0v) is 20.7. The first-order chi connectivity index (χ1) is 17.4. The number of benzene rings is 3. The highest BCUT2D eigenvalue weighted by Crippen LogP contribution is 2.38. The van der Waals surface area contributed by atoms with Crippen LogP contribution in [0.3, 0.4) is 0 Å². The van der Waals surface area contributed by atoms with E-state index in [1.165, 1.54) is 18.2 Å². The fourth-order valence-corrected chi connectivity index (χ4v) is 4.80. The molecule has 0 fully saturated rings. The minimum atomic E-state index is -0.503. The topological polar surface area (TPSA) is 104 Å². The lowest BCUT2D eigenvalue weighted by Gasteiger charge is -2.11. The van der Waals surface area contributed by atoms with Gasteiger partial charge in [-0.05, 0) is 36.2 Å². The third-order valence-corrected chi connectivity index (χ3v) is 6.76. The summed E-state index contributed by atoms with van der Waals surface area (Å²) in [6.45, 7) is 0.344. The van der Waals surface area contributed by atoms with Gasteiger partial charge in [-0.2, -0.15) is 0 Å². The van der Waals surface area contributed by atoms with E-state index in [2.05, 4.69) is 31.2 Å². The van der Waals surface area contributed by atoms with E-state index >= 15 is 0 Å². The molecule has 5 N–H and O–H groups in total. The van der Waals surface area contributed by atoms with Crippen molar-refractivity contribution in [3.63, 3.8) is 0 Å². The second kappa shape index (κ2) is 9.83. The van der Waals surface area contributed by atoms with Gasteiger partial charge in [0.15, 0.2) is 0 Å². The number of nitrogen functional groups attached to an aromatic ring is 1. The smallest absolute Gasteiger partial charge is 0.255 e. The van der Waals surface area contributed by atoms with Crippen molar-refractivity contribution >= 4 is 44.3 Å². The van der Waals surface area contributed by atoms with Crippen molar-refractivity contribution in [2.75, 3.05) is 12.3 Å². The molecule has 0 saturated carbocycles. The van der Waals surface area contributed by atoms with Crippen LogP contribution in [0, 0.1) is 5.82 Å². The molecular weight excluding hydrogens is 523 g/mol. The first-order valence-electron chi connectivity index (χ1n) is 11.3. The molecule has 0 atom stereocenters. The maximum Gasteiger partial charge on any atom is 0.255 e. The molecule has 5 aromatic rings. The summed E-state index contributed by atoms with van der Waals surface area (Å²) in [5.41, 5.74) is 9.57. The number of halogens is 2. The average molecular weight is 545 g/mol. The van der Waals surface area contributed by atoms with E-state index in [0.29, 0.717) is 28.6 Å². The van der Waals surface area contributed by atoms with Gasteiger partial charge in [-0.3, -0.25) is 9.59 Å². The Morgan fingerprint density at radius 1 is 1.00 bits per heavy atom. The van der Waals surface area contributed by atoms with Crippen molar-refractivity contribution in [1.82, 2.24) is 15.3 Å². The maximum atomic E-state index is 14.3. The third-order valence-electron chi connectivity index (χ3n) is 6.07. The molecule has 0 aliphatic heterocycles. The Bertz CT molecular complexity index is 1590. The summed E-state index contributed by atoms with van der Waals surface area (Å²) in [4.78, 5) is 32.9. The van der Waals surface area contributed by atoms with Crippen LogP contribution in [0.1, 0.15) is 32.0 Å². The highest BCUT2D eigenvalue weighted by atomic mass is 79.9. The predicted octanol–water partition coefficient (Wildman–Crippen LogP) is 5.85. The van der Waals surface area contributed by atoms with Gasteiger partial charge >= 0.3 is 0 Å². The number of aromatic nitrogens is 2. The lowest BCUT2D eigenvalue weighted by atomic mass is 9.96. The average Bonchev–Trinajstić information content (AvgIpc) is 3.46. The summed E-state index contributed by atoms with van der Waals surface area (Å²) in [6, 6.07) is 20.7. The summed E-state index contributed by atoms with van der Waals surface area (Å²) in [7, 11) is 0. The van der Waals surface area contributed by atoms with Crippen LogP contribution in [0.5, 0.6) is 0 Å². The van der Waals surface area contributed by atoms with E-state index in [0.717, 1.165) is 16.5 Å². The van der Waals surface area contributed by atoms with Gasteiger partial charge in [0.2, 0.25) is 5.78 Å². The Labute approximate surface area is 214 Å². The molecule has 0 unspecified atom stereocenters. The van der Waals surface area contributed by atoms with E-state index in [-0.39, 0.29) is 28.4 Å². The number of hydrogen-bond acceptors (Lipinski definition) is 3. The molecule has 36 heavy (non-hydrogen) atoms. The van der Waals surface area contributed by atoms with Gasteiger partial charge in [-0.1, -0.05) is 64.5 Å². The van der Waals surface area contributed by atoms with Gasteiger partial charge in [0.1, 0.15) is 11.6 Å². The van der Waals surface area contributed by atoms with Crippen molar-refractivity contribution < 1.29 is 14.0 Å². The van der Waals surface area contributed by atoms with Crippen LogP contribution >= 0.6 is 15.9 Å². The minimum Gasteiger partial charge on any atom is -0.385 e. The van der Waals surface area contributed by atoms with Gasteiger partial charge in [0, 0.05) is 44.8 Å². The Hall–Kier alpha value is -4.17. The molecule has 0 saturated heterocycles. The molecular formula is C28H22BrFN4O2. The van der Waals surface area contributed by atoms with Crippen molar-refractivity contribution in [1.29, 1.82) is 0 Å². The van der Waals surface area contributed by atoms with Crippen molar-refractivity contribution in [3.8, 4) is 11.1 Å². The Morgan fingerprint density at radius 3 is 2.56 bits per heavy atom. The van der Waals surface area contributed by atoms with Gasteiger partial charge in [0.05, 0.1) is 11.3 Å². The fourth-order valence-electron chi connectivity index (χ4n) is 4.36. The molecule has 8 heteroatoms. The number of carbonyl (C=O) groups is 2. The minimum absolute atomic E-state index is 0.0324. The molecule has 5 rings (SSSR count). The standard InChI is InChI=1S/C28H22BrFN4O2/c29-21-11-10-18(30)14-20(21)23-24(27(31)34-25(23)26(35)16-6-2-1-3-7-16)28(36)32-13-12-17-15-33-22-9-5-4-8-19(17)22/h1-11,14-15,33-34H,12-13,31H2,(H,32,36). The molecule has 6 nitrogen and oxygen atoms in total. The van der Waals surface area contributed by atoms with Crippen LogP contribution < -0.4 is 11.1 Å². The Morgan fingerprint density at radius 2 is 1.75 bits per heavy atom. The van der Waals surface area contributed by atoms with Crippen molar-refractivity contribution in [3.05, 3.63) is 112 Å². The first-order valence-corrected chi connectivity index (χ1v) is 12.1. The second-order valence-electron chi connectivity index (χ2n) is 8.35. The molecule has 1 amide bonds. The molecule has 3 aromatic carbocycles. The lowest BCUT2D eigenvalue weighted by Crippen LogP contribution is -2.26. The summed E-state index contributed by atoms with van der Waals surface area (Å²) in [5, 5.41) is 4.00. The number of nitrogens with one attached hydrogen (secondary N) is 3. The zero-order valence-electron chi connectivity index (χ0n) is 19.1. The number of anilines is 1. The van der Waals surface area contributed by atoms with E-state index in [4.69, 9.17) is 5.73 Å². The SMILES string of the molecule is Nc1[nH]c(C(=O)c2ccccc2)c(-c2cc(F)ccc2Br)c1C(=O)NCCc1c[nH]c2ccccc12. The monoisotopic (exact) mass is 544 g/mol. The number of para-hydroxylation sites is 1. The molecule has 0 radical (unpaired) electrons. The van der Waals surface area contributed by atoms with Crippen molar-refractivity contribution in [2.45, 2.75) is 6.42 Å². The zero-order chi connectivity index (χ0) is 25.2. The summed E-state index contributed by atoms with van der Waals surface area (Å²) >= 11 is 3.43. The molecule has 0 spiro atoms. The van der Waals surface area contributed by atoms with Gasteiger partial charge in [0.25, 0.3) is 5.91 Å². The molecule has 0 aliphatic rings. The highest BCUT2D eigenvalue weighted by Gasteiger charge is 2.28. The van der Waals surface area contributed by atoms with E-state index in [1.54, 1.807) is 30.3 Å². The quantitative estimate of drug-likeness (QED) is 0.193. The molecule has 2 heterocycles. The lowest BCUT2D eigenvalue weighted by molar-refractivity contribution is 0.0955. The first kappa shape index (κ1) is 23.6. The number of H-pyrrole nitrogens is 2. The van der Waals surface area contributed by atoms with Crippen LogP contribution in [0.25, 0.3) is 22.0 Å². The number of ketones is 1. The fraction of sp³-hybridized carbons (Fsp3) is 0.0714. The third kappa shape index (κ3) is 4.43. The number of fused-ring (bicyclic) bond motifs is 1. The van der Waals surface area contributed by atoms with Crippen LogP contribution in [0.4, 0.5) is 10.2 Å². The summed E-state index contributed by atoms with van der Waals surface area (Å²) < 4.78 is 14.8. The number of nitrogens with two attached hydrogens (primary N) is 1. The van der Waals surface area contributed by atoms with Crippen LogP contribution in [0.15, 0.2) is 83.5 Å². The number of rotatable bonds is 7. The van der Waals surface area contributed by atoms with Crippen molar-refractivity contribution in [2.24, 2.45) is 0 Å². The normalized spacial score (nSPS) is 11.1. The Balaban J connectivity index is 1.50. The maximum absolute atomic E-state index is 14.3. The second-order valence-corrected chi connectivity index (χ2v) is 9.20. The number of amides is 1. The number of aromatic amines is 2. The largest absolute Gasteiger partial charge is 0.385 e. The highest BCUT2D eigenvalue weighted by molar-refractivity contribution is 9.10. The summed E-state index contributed by atoms with van der Waals surface area (Å²) in [6.07, 6.45) is 2.52. The van der Waals surface area contributed by atoms with Crippen LogP contribution in [-0.2, 0) is 6.42 Å². The molecule has 0 aliphatic carbocycles. The van der Waals surface area contributed by atoms with Gasteiger partial charge in [-0.15, -0.1) is 0 Å². The van der Waals surface area contributed by atoms with E-state index in [1.807, 2.05) is 30.5 Å². The van der Waals surface area contributed by atoms with E-state index < -0.39 is 11.7 Å². The number of hydrogen-bond donors (Lipinski definition) is 4. The van der Waals surface area contributed by atoms with Gasteiger partial charge in [-0.25, -0.2) is 4.39 Å². The number of carbonyl (C=O) groups excluding carboxylic acids is 2. The summed E-state index contributed by atoms with van der Waals surface area (Å²) in [5.74, 6) is -1.28. The molecule has 0 bridgehead atoms. The van der Waals surface area contributed by atoms with Crippen LogP contribution in [-0.4, -0.2) is 28.2 Å². The van der Waals surface area contributed by atoms with Gasteiger partial charge < -0.3 is 21.0 Å². The Kier molecular flexibility index (Phi) is 6.43. The van der Waals surface area contributed by atoms with Crippen LogP contribution in [0.2, 0.25) is 0 Å². The predicted molar refractivity (Wildman–Crippen MR) is 143 cm³/mol. The molecule has 180 valence electrons. The molecule has 2 aromatic heterocycles. The van der Waals surface area contributed by atoms with E-state index in [9.17, 15) is 14.0 Å².